The summed E-state index contributed by atoms with van der Waals surface area (Å²) in [6, 6.07) is 9.64. The van der Waals surface area contributed by atoms with Crippen LogP contribution >= 0.6 is 0 Å². The number of unbranched alkanes of at least 4 members (excludes halogenated alkanes) is 3. The molecule has 0 bridgehead atoms. The number of rotatable bonds is 13. The smallest absolute Gasteiger partial charge is 0.426 e. The third-order valence-corrected chi connectivity index (χ3v) is 6.96. The van der Waals surface area contributed by atoms with E-state index >= 15 is 0 Å². The molecule has 208 valence electrons. The van der Waals surface area contributed by atoms with Gasteiger partial charge in [-0.1, -0.05) is 69.9 Å². The lowest BCUT2D eigenvalue weighted by Gasteiger charge is -2.36. The molecule has 0 unspecified atom stereocenters. The minimum atomic E-state index is -0.952. The molecule has 2 rings (SSSR count). The second kappa shape index (κ2) is 14.6. The van der Waals surface area contributed by atoms with Crippen LogP contribution in [-0.2, 0) is 25.7 Å². The van der Waals surface area contributed by atoms with Gasteiger partial charge in [0.15, 0.2) is 5.92 Å². The summed E-state index contributed by atoms with van der Waals surface area (Å²) in [5.41, 5.74) is 0.385. The van der Waals surface area contributed by atoms with Gasteiger partial charge < -0.3 is 9.47 Å². The Morgan fingerprint density at radius 2 is 1.76 bits per heavy atom. The molecule has 1 aliphatic rings. The van der Waals surface area contributed by atoms with Crippen molar-refractivity contribution in [3.63, 3.8) is 0 Å². The van der Waals surface area contributed by atoms with Gasteiger partial charge in [0.05, 0.1) is 32.8 Å². The summed E-state index contributed by atoms with van der Waals surface area (Å²) >= 11 is 0. The molecule has 1 heterocycles. The molecular weight excluding hydrogens is 468 g/mol. The zero-order valence-electron chi connectivity index (χ0n) is 24.0. The monoisotopic (exact) mass is 517 g/mol. The minimum Gasteiger partial charge on any atom is -0.459 e. The lowest BCUT2D eigenvalue weighted by Crippen LogP contribution is -2.63. The fraction of sp³-hybridized carbons (Fsp3) is 0.700. The minimum absolute atomic E-state index is 0.0807. The molecule has 3 amide bonds. The molecule has 0 spiro atoms. The Hall–Kier alpha value is -2.25. The number of benzene rings is 1. The van der Waals surface area contributed by atoms with Crippen LogP contribution in [0.3, 0.4) is 0 Å². The molecule has 3 atom stereocenters. The molecular formula is C30H49N2O5+. The van der Waals surface area contributed by atoms with Gasteiger partial charge in [-0.25, -0.2) is 9.59 Å². The molecule has 1 aromatic rings. The van der Waals surface area contributed by atoms with E-state index in [1.54, 1.807) is 27.8 Å². The van der Waals surface area contributed by atoms with Crippen LogP contribution in [0, 0.1) is 5.92 Å². The quantitative estimate of drug-likeness (QED) is 0.137. The summed E-state index contributed by atoms with van der Waals surface area (Å²) in [6.45, 7) is 11.4. The Morgan fingerprint density at radius 1 is 1.05 bits per heavy atom. The topological polar surface area (TPSA) is 72.9 Å². The van der Waals surface area contributed by atoms with Crippen molar-refractivity contribution in [2.24, 2.45) is 5.92 Å². The normalized spacial score (nSPS) is 18.3. The molecule has 1 saturated heterocycles. The number of likely N-dealkylation sites (tertiary alicyclic amines) is 1. The van der Waals surface area contributed by atoms with Crippen molar-refractivity contribution < 1.29 is 28.3 Å². The van der Waals surface area contributed by atoms with Crippen molar-refractivity contribution in [1.82, 2.24) is 4.90 Å². The first-order valence-corrected chi connectivity index (χ1v) is 14.1. The zero-order chi connectivity index (χ0) is 27.5. The Balaban J connectivity index is 2.19. The Labute approximate surface area is 224 Å². The molecule has 1 aliphatic heterocycles. The Bertz CT molecular complexity index is 866. The Kier molecular flexibility index (Phi) is 12.2. The number of hydrogen-bond acceptors (Lipinski definition) is 5. The van der Waals surface area contributed by atoms with Crippen LogP contribution < -0.4 is 0 Å². The number of urea groups is 1. The number of carbonyl (C=O) groups is 3. The molecule has 0 aromatic heterocycles. The second-order valence-electron chi connectivity index (χ2n) is 11.5. The number of esters is 1. The van der Waals surface area contributed by atoms with Crippen LogP contribution in [0.1, 0.15) is 91.5 Å². The summed E-state index contributed by atoms with van der Waals surface area (Å²) in [5, 5.41) is 0. The highest BCUT2D eigenvalue weighted by atomic mass is 16.6. The first-order valence-electron chi connectivity index (χ1n) is 14.1. The van der Waals surface area contributed by atoms with E-state index in [1.165, 1.54) is 0 Å². The highest BCUT2D eigenvalue weighted by Crippen LogP contribution is 2.27. The van der Waals surface area contributed by atoms with Gasteiger partial charge >= 0.3 is 17.9 Å². The third kappa shape index (κ3) is 9.22. The van der Waals surface area contributed by atoms with Crippen LogP contribution in [-0.4, -0.2) is 65.7 Å². The average Bonchev–Trinajstić information content (AvgIpc) is 3.31. The zero-order valence-corrected chi connectivity index (χ0v) is 24.0. The van der Waals surface area contributed by atoms with Crippen LogP contribution in [0.4, 0.5) is 4.79 Å². The van der Waals surface area contributed by atoms with Crippen molar-refractivity contribution in [2.45, 2.75) is 104 Å². The number of quaternary nitrogens is 1. The van der Waals surface area contributed by atoms with E-state index in [-0.39, 0.29) is 18.0 Å². The highest BCUT2D eigenvalue weighted by molar-refractivity contribution is 5.98. The highest BCUT2D eigenvalue weighted by Gasteiger charge is 2.51. The van der Waals surface area contributed by atoms with E-state index in [1.807, 2.05) is 42.2 Å². The molecule has 7 nitrogen and oxygen atoms in total. The number of carbonyl (C=O) groups excluding carboxylic acids is 3. The second-order valence-corrected chi connectivity index (χ2v) is 11.5. The maximum Gasteiger partial charge on any atom is 0.426 e. The molecule has 0 saturated carbocycles. The number of nitrogens with zero attached hydrogens (tertiary/aromatic N) is 2. The lowest BCUT2D eigenvalue weighted by molar-refractivity contribution is -0.758. The molecule has 0 aliphatic carbocycles. The largest absolute Gasteiger partial charge is 0.459 e. The summed E-state index contributed by atoms with van der Waals surface area (Å²) in [7, 11) is 1.68. The Morgan fingerprint density at radius 3 is 2.38 bits per heavy atom. The van der Waals surface area contributed by atoms with Crippen molar-refractivity contribution in [2.75, 3.05) is 26.7 Å². The molecule has 0 N–H and O–H groups in total. The first kappa shape index (κ1) is 31.0. The van der Waals surface area contributed by atoms with Gasteiger partial charge in [-0.05, 0) is 52.0 Å². The van der Waals surface area contributed by atoms with Gasteiger partial charge in [0.25, 0.3) is 0 Å². The fourth-order valence-corrected chi connectivity index (χ4v) is 5.01. The van der Waals surface area contributed by atoms with Crippen molar-refractivity contribution in [3.05, 3.63) is 35.9 Å². The summed E-state index contributed by atoms with van der Waals surface area (Å²) < 4.78 is 11.2. The van der Waals surface area contributed by atoms with Gasteiger partial charge in [-0.2, -0.15) is 4.48 Å². The third-order valence-electron chi connectivity index (χ3n) is 6.96. The van der Waals surface area contributed by atoms with Gasteiger partial charge in [0.1, 0.15) is 5.60 Å². The molecule has 0 radical (unpaired) electrons. The predicted molar refractivity (Wildman–Crippen MR) is 146 cm³/mol. The molecule has 7 heteroatoms. The number of hydrogen-bond donors (Lipinski definition) is 0. The van der Waals surface area contributed by atoms with E-state index < -0.39 is 22.0 Å². The van der Waals surface area contributed by atoms with Crippen molar-refractivity contribution in [1.29, 1.82) is 0 Å². The fourth-order valence-electron chi connectivity index (χ4n) is 5.01. The summed E-state index contributed by atoms with van der Waals surface area (Å²) in [6.07, 6.45) is 6.58. The standard InChI is InChI=1S/C30H49N2O5/c1-7-9-10-14-19-26(28(34)37-30(3,4)5)27(33)32(6,21-8-2)29(35)31-20-15-18-25(31)23-36-22-24-16-12-11-13-17-24/h11-13,16-17,25-26H,7-10,14-15,18-23H2,1-6H3/q+1/t25-,26+,32+/m1/s1. The van der Waals surface area contributed by atoms with Gasteiger partial charge in [0, 0.05) is 6.54 Å². The SMILES string of the molecule is CCCCCC[C@H](C(=O)OC(C)(C)C)C(=O)[N@+](C)(CCC)C(=O)N1CCC[C@@H]1COCc1ccccc1. The van der Waals surface area contributed by atoms with E-state index in [9.17, 15) is 14.4 Å². The van der Waals surface area contributed by atoms with E-state index in [2.05, 4.69) is 6.92 Å². The lowest BCUT2D eigenvalue weighted by atomic mass is 9.97. The number of ether oxygens (including phenoxy) is 2. The van der Waals surface area contributed by atoms with Gasteiger partial charge in [-0.3, -0.25) is 9.69 Å². The summed E-state index contributed by atoms with van der Waals surface area (Å²) in [4.78, 5) is 43.1. The van der Waals surface area contributed by atoms with Crippen molar-refractivity contribution in [3.8, 4) is 0 Å². The molecule has 37 heavy (non-hydrogen) atoms. The predicted octanol–water partition coefficient (Wildman–Crippen LogP) is 6.10. The first-order chi connectivity index (χ1) is 17.5. The average molecular weight is 518 g/mol. The molecule has 1 fully saturated rings. The maximum absolute atomic E-state index is 14.0. The molecule has 1 aromatic carbocycles. The number of amides is 3. The number of imide groups is 1. The maximum atomic E-state index is 14.0. The summed E-state index contributed by atoms with van der Waals surface area (Å²) in [5.74, 6) is -1.83. The van der Waals surface area contributed by atoms with E-state index in [0.29, 0.717) is 39.1 Å². The van der Waals surface area contributed by atoms with Gasteiger partial charge in [0.2, 0.25) is 0 Å². The van der Waals surface area contributed by atoms with E-state index in [4.69, 9.17) is 9.47 Å². The van der Waals surface area contributed by atoms with Gasteiger partial charge in [-0.15, -0.1) is 0 Å². The van der Waals surface area contributed by atoms with Crippen LogP contribution in [0.25, 0.3) is 0 Å². The van der Waals surface area contributed by atoms with Crippen LogP contribution in [0.5, 0.6) is 0 Å². The van der Waals surface area contributed by atoms with Crippen LogP contribution in [0.15, 0.2) is 30.3 Å². The van der Waals surface area contributed by atoms with Crippen LogP contribution in [0.2, 0.25) is 0 Å². The van der Waals surface area contributed by atoms with Crippen molar-refractivity contribution >= 4 is 17.9 Å². The van der Waals surface area contributed by atoms with E-state index in [0.717, 1.165) is 44.1 Å².